The van der Waals surface area contributed by atoms with E-state index in [1.807, 2.05) is 128 Å². The van der Waals surface area contributed by atoms with Gasteiger partial charge in [0.2, 0.25) is 11.4 Å². The second kappa shape index (κ2) is 44.2. The highest BCUT2D eigenvalue weighted by atomic mass is 127. The number of nitrogens with zero attached hydrogens (tertiary/aromatic N) is 5. The molecule has 12 nitrogen and oxygen atoms in total. The molecule has 0 radical (unpaired) electrons. The fraction of sp³-hybridized carbons (Fsp3) is 0.0635. The number of aryl methyl sites for hydroxylation is 3. The molecule has 0 atom stereocenters. The van der Waals surface area contributed by atoms with Crippen molar-refractivity contribution in [3.63, 3.8) is 0 Å². The number of aromatic nitrogens is 5. The highest BCUT2D eigenvalue weighted by Gasteiger charge is 2.23. The lowest BCUT2D eigenvalue weighted by atomic mass is 9.93. The number of carboxylic acid groups (broad SMARTS) is 1. The Morgan fingerprint density at radius 2 is 0.636 bits per heavy atom. The molecule has 0 aliphatic heterocycles. The molecule has 6 aromatic heterocycles. The van der Waals surface area contributed by atoms with E-state index in [2.05, 4.69) is 344 Å². The molecule has 17 aromatic carbocycles. The van der Waals surface area contributed by atoms with Gasteiger partial charge < -0.3 is 77.9 Å². The van der Waals surface area contributed by atoms with Crippen molar-refractivity contribution in [2.75, 3.05) is 0 Å². The first-order valence-corrected chi connectivity index (χ1v) is 46.1. The van der Waals surface area contributed by atoms with Crippen LogP contribution in [0, 0.1) is 13.8 Å². The monoisotopic (exact) mass is 2050 g/mol. The average Bonchev–Trinajstić information content (AvgIpc) is 1.67. The van der Waals surface area contributed by atoms with E-state index in [0.717, 1.165) is 161 Å². The maximum atomic E-state index is 11.0. The molecule has 0 spiro atoms. The Labute approximate surface area is 847 Å². The number of carbonyl (C=O) groups is 1. The van der Waals surface area contributed by atoms with Crippen molar-refractivity contribution < 1.29 is 91.8 Å². The van der Waals surface area contributed by atoms with E-state index in [0.29, 0.717) is 0 Å². The standard InChI is InChI=1S/C31H28NO2.C30H25NO2.C28H22N.C21H13NO.C16H11NO2.2HI/c1-21-30-17-29(20-34)28(19-33)16-26(30)18-31(32(21)2)27-14-24(22-9-5-3-6-10-22)13-25(15-27)23-11-7-4-8-12-23;1-20-29-16-28(19-33)27(18-32)15-25(29)17-30(31-20)26-13-23(21-8-4-2-5-9-21)12-24(14-26)22-10-6-3-7-11-22;1-29-20-24-15-9-8-14-23(24)19-28(29)27-17-25(21-10-4-2-5-11-21)16-26(18-27)22-12-6-3-7-13-22;1-2-7-15-13-22-19(12-14(15)6-1)18-10-5-9-17-16-8-3-4-11-20(16)23-21(17)18;18-16(19)13-7-3-6-12(8-13)15-9-11-4-1-2-5-14(11)10-17-15;;/h3-18,33-34H,19-20H2,1-2H3;2-17,32-33H,18-19H2,1H3;2-20H,1H3;1-13H;1-10H,(H,18,19);2*1H/q+1;;+1;;;;/p-2. The van der Waals surface area contributed by atoms with Crippen molar-refractivity contribution in [1.82, 2.24) is 15.0 Å². The number of aliphatic hydroxyl groups excluding tert-OH is 4. The highest BCUT2D eigenvalue weighted by molar-refractivity contribution is 6.10. The molecule has 684 valence electrons. The van der Waals surface area contributed by atoms with E-state index in [9.17, 15) is 25.2 Å². The van der Waals surface area contributed by atoms with Crippen LogP contribution in [0.1, 0.15) is 44.0 Å². The number of fused-ring (bicyclic) bond motifs is 8. The van der Waals surface area contributed by atoms with Crippen molar-refractivity contribution in [2.24, 2.45) is 14.1 Å². The summed E-state index contributed by atoms with van der Waals surface area (Å²) in [6, 6.07) is 148. The molecular weight excluding hydrogens is 1950 g/mol. The minimum atomic E-state index is -0.928. The molecule has 0 amide bonds. The molecule has 6 heterocycles. The SMILES string of the molecule is C[n+]1cc2ccccc2cc1-c1cc(-c2ccccc2)cc(-c2ccccc2)c1.Cc1c2cc(CO)c(CO)cc2cc(-c2cc(-c3ccccc3)cc(-c3ccccc3)c2)[n+]1C.Cc1nc(-c2cc(-c3ccccc3)cc(-c3ccccc3)c2)cc2cc(CO)c(CO)cc12.O=C(O)c1cccc(-c2cc3ccccc3cn2)c1.[I-].[I-].c1ccc2cc(-c3cccc4c3oc3ccccc34)ncc2c1. The van der Waals surface area contributed by atoms with E-state index in [4.69, 9.17) is 14.5 Å². The fourth-order valence-corrected chi connectivity index (χ4v) is 18.2. The summed E-state index contributed by atoms with van der Waals surface area (Å²) in [5, 5.41) is 61.4. The van der Waals surface area contributed by atoms with E-state index >= 15 is 0 Å². The van der Waals surface area contributed by atoms with Gasteiger partial charge in [0.05, 0.1) is 49.1 Å². The molecule has 0 unspecified atom stereocenters. The lowest BCUT2D eigenvalue weighted by molar-refractivity contribution is -0.665. The normalized spacial score (nSPS) is 10.9. The van der Waals surface area contributed by atoms with E-state index in [-0.39, 0.29) is 79.9 Å². The van der Waals surface area contributed by atoms with E-state index < -0.39 is 5.97 Å². The Bertz CT molecular complexity index is 8230. The van der Waals surface area contributed by atoms with Gasteiger partial charge in [-0.1, -0.05) is 291 Å². The summed E-state index contributed by atoms with van der Waals surface area (Å²) in [5.41, 5.74) is 31.4. The van der Waals surface area contributed by atoms with Crippen molar-refractivity contribution in [2.45, 2.75) is 40.3 Å². The summed E-state index contributed by atoms with van der Waals surface area (Å²) in [6.45, 7) is 3.70. The molecule has 0 aliphatic rings. The molecular formula is C126H99I2N5O7. The molecule has 0 aliphatic carbocycles. The van der Waals surface area contributed by atoms with Crippen LogP contribution >= 0.6 is 0 Å². The number of halogens is 2. The van der Waals surface area contributed by atoms with Crippen LogP contribution in [0.25, 0.3) is 199 Å². The Kier molecular flexibility index (Phi) is 30.3. The predicted octanol–water partition coefficient (Wildman–Crippen LogP) is 22.6. The van der Waals surface area contributed by atoms with Crippen LogP contribution in [0.5, 0.6) is 0 Å². The maximum Gasteiger partial charge on any atom is 0.335 e. The summed E-state index contributed by atoms with van der Waals surface area (Å²) in [5.74, 6) is -0.928. The van der Waals surface area contributed by atoms with Crippen LogP contribution in [0.4, 0.5) is 0 Å². The van der Waals surface area contributed by atoms with Gasteiger partial charge in [-0.05, 0) is 250 Å². The third-order valence-electron chi connectivity index (χ3n) is 25.6. The number of rotatable bonds is 16. The number of carboxylic acids is 1. The molecule has 5 N–H and O–H groups in total. The molecule has 0 saturated carbocycles. The number of hydrogen-bond acceptors (Lipinski definition) is 9. The quantitative estimate of drug-likeness (QED) is 0.0462. The number of aliphatic hydroxyl groups is 4. The number of aromatic carboxylic acids is 1. The summed E-state index contributed by atoms with van der Waals surface area (Å²) in [4.78, 5) is 24.9. The van der Waals surface area contributed by atoms with Crippen LogP contribution in [-0.2, 0) is 40.5 Å². The summed E-state index contributed by atoms with van der Waals surface area (Å²) in [6.07, 6.45) is 5.94. The van der Waals surface area contributed by atoms with Crippen LogP contribution < -0.4 is 57.1 Å². The van der Waals surface area contributed by atoms with Gasteiger partial charge in [-0.2, -0.15) is 4.57 Å². The number of furan rings is 1. The number of para-hydroxylation sites is 2. The molecule has 14 heteroatoms. The second-order valence-electron chi connectivity index (χ2n) is 34.4. The van der Waals surface area contributed by atoms with Gasteiger partial charge in [0.15, 0.2) is 11.9 Å². The highest BCUT2D eigenvalue weighted by Crippen LogP contribution is 2.41. The molecule has 0 bridgehead atoms. The topological polar surface area (TPSA) is 178 Å². The second-order valence-corrected chi connectivity index (χ2v) is 34.4. The van der Waals surface area contributed by atoms with Crippen LogP contribution in [-0.4, -0.2) is 46.5 Å². The molecule has 23 rings (SSSR count). The fourth-order valence-electron chi connectivity index (χ4n) is 18.2. The summed E-state index contributed by atoms with van der Waals surface area (Å²) < 4.78 is 10.5. The first-order chi connectivity index (χ1) is 67.7. The summed E-state index contributed by atoms with van der Waals surface area (Å²) >= 11 is 0. The van der Waals surface area contributed by atoms with Gasteiger partial charge >= 0.3 is 5.97 Å². The Morgan fingerprint density at radius 1 is 0.286 bits per heavy atom. The zero-order valence-electron chi connectivity index (χ0n) is 77.6. The van der Waals surface area contributed by atoms with Crippen LogP contribution in [0.15, 0.2) is 454 Å². The Hall–Kier alpha value is -15.6. The first kappa shape index (κ1) is 96.1. The third-order valence-corrected chi connectivity index (χ3v) is 25.6. The minimum absolute atomic E-state index is 0. The molecule has 0 saturated heterocycles. The number of benzene rings is 17. The van der Waals surface area contributed by atoms with Gasteiger partial charge in [-0.25, -0.2) is 9.36 Å². The smallest absolute Gasteiger partial charge is 0.335 e. The zero-order chi connectivity index (χ0) is 94.5. The van der Waals surface area contributed by atoms with Gasteiger partial charge in [0, 0.05) is 103 Å². The van der Waals surface area contributed by atoms with Crippen LogP contribution in [0.3, 0.4) is 0 Å². The maximum absolute atomic E-state index is 11.0. The van der Waals surface area contributed by atoms with Crippen LogP contribution in [0.2, 0.25) is 0 Å². The van der Waals surface area contributed by atoms with Crippen molar-refractivity contribution in [3.05, 3.63) is 489 Å². The summed E-state index contributed by atoms with van der Waals surface area (Å²) in [7, 11) is 4.21. The van der Waals surface area contributed by atoms with Crippen molar-refractivity contribution >= 4 is 81.8 Å². The number of pyridine rings is 5. The van der Waals surface area contributed by atoms with E-state index in [1.165, 1.54) is 71.9 Å². The average molecular weight is 2050 g/mol. The largest absolute Gasteiger partial charge is 1.00 e. The molecule has 0 fully saturated rings. The Balaban J connectivity index is 0.000000122. The third kappa shape index (κ3) is 21.4. The predicted molar refractivity (Wildman–Crippen MR) is 563 cm³/mol. The zero-order valence-corrected chi connectivity index (χ0v) is 81.9. The first-order valence-electron chi connectivity index (χ1n) is 46.1. The van der Waals surface area contributed by atoms with Gasteiger partial charge in [0.1, 0.15) is 25.3 Å². The Morgan fingerprint density at radius 3 is 1.11 bits per heavy atom. The molecule has 23 aromatic rings. The van der Waals surface area contributed by atoms with Gasteiger partial charge in [0.25, 0.3) is 0 Å². The van der Waals surface area contributed by atoms with Gasteiger partial charge in [-0.15, -0.1) is 0 Å². The van der Waals surface area contributed by atoms with E-state index in [1.54, 1.807) is 24.4 Å². The van der Waals surface area contributed by atoms with Crippen molar-refractivity contribution in [1.29, 1.82) is 0 Å². The number of hydrogen-bond donors (Lipinski definition) is 5. The molecule has 140 heavy (non-hydrogen) atoms. The lowest BCUT2D eigenvalue weighted by Crippen LogP contribution is -3.00. The van der Waals surface area contributed by atoms with Crippen molar-refractivity contribution in [3.8, 4) is 123 Å². The lowest BCUT2D eigenvalue weighted by Gasteiger charge is -2.14. The van der Waals surface area contributed by atoms with Gasteiger partial charge in [-0.3, -0.25) is 15.0 Å². The minimum Gasteiger partial charge on any atom is -1.00 e.